The van der Waals surface area contributed by atoms with Gasteiger partial charge in [-0.2, -0.15) is 0 Å². The smallest absolute Gasteiger partial charge is 0.221 e. The van der Waals surface area contributed by atoms with Crippen molar-refractivity contribution in [1.29, 1.82) is 0 Å². The summed E-state index contributed by atoms with van der Waals surface area (Å²) in [6, 6.07) is 10.1. The molecule has 2 aromatic rings. The van der Waals surface area contributed by atoms with Crippen molar-refractivity contribution in [3.8, 4) is 0 Å². The number of sulfone groups is 1. The van der Waals surface area contributed by atoms with Crippen LogP contribution in [0.5, 0.6) is 0 Å². The Morgan fingerprint density at radius 2 is 1.96 bits per heavy atom. The molecule has 8 heteroatoms. The van der Waals surface area contributed by atoms with Gasteiger partial charge in [-0.1, -0.05) is 11.6 Å². The zero-order valence-corrected chi connectivity index (χ0v) is 16.1. The number of nitrogens with one attached hydrogen (secondary N) is 1. The van der Waals surface area contributed by atoms with Crippen LogP contribution in [0.4, 0.5) is 4.39 Å². The fraction of sp³-hybridized carbons (Fsp3) is 0.278. The summed E-state index contributed by atoms with van der Waals surface area (Å²) in [5, 5.41) is 3.28. The molecule has 1 unspecified atom stereocenters. The highest BCUT2D eigenvalue weighted by Crippen LogP contribution is 2.36. The van der Waals surface area contributed by atoms with Gasteiger partial charge in [0.05, 0.1) is 16.7 Å². The fourth-order valence-electron chi connectivity index (χ4n) is 2.77. The number of benzene rings is 2. The van der Waals surface area contributed by atoms with E-state index in [1.165, 1.54) is 36.4 Å². The van der Waals surface area contributed by atoms with Gasteiger partial charge in [-0.05, 0) is 54.4 Å². The number of hydrogen-bond acceptors (Lipinski definition) is 4. The molecule has 0 fully saturated rings. The highest BCUT2D eigenvalue weighted by molar-refractivity contribution is 7.99. The van der Waals surface area contributed by atoms with E-state index in [9.17, 15) is 17.6 Å². The van der Waals surface area contributed by atoms with Crippen LogP contribution in [0.1, 0.15) is 24.4 Å². The highest BCUT2D eigenvalue weighted by atomic mass is 35.5. The largest absolute Gasteiger partial charge is 0.349 e. The summed E-state index contributed by atoms with van der Waals surface area (Å²) in [6.45, 7) is 0. The Balaban J connectivity index is 1.63. The molecule has 0 saturated carbocycles. The second-order valence-electron chi connectivity index (χ2n) is 5.96. The van der Waals surface area contributed by atoms with E-state index in [4.69, 9.17) is 11.6 Å². The number of rotatable bonds is 5. The predicted octanol–water partition coefficient (Wildman–Crippen LogP) is 4.00. The minimum absolute atomic E-state index is 0.135. The van der Waals surface area contributed by atoms with Crippen LogP contribution in [-0.4, -0.2) is 25.8 Å². The first-order chi connectivity index (χ1) is 12.3. The van der Waals surface area contributed by atoms with Crippen LogP contribution in [-0.2, 0) is 14.6 Å². The van der Waals surface area contributed by atoms with Crippen LogP contribution >= 0.6 is 23.4 Å². The zero-order chi connectivity index (χ0) is 18.7. The Morgan fingerprint density at radius 1 is 1.23 bits per heavy atom. The number of fused-ring (bicyclic) bond motifs is 1. The quantitative estimate of drug-likeness (QED) is 0.804. The number of hydrogen-bond donors (Lipinski definition) is 1. The first kappa shape index (κ1) is 19.2. The Bertz CT molecular complexity index is 917. The molecule has 1 atom stereocenters. The van der Waals surface area contributed by atoms with Crippen LogP contribution in [0.25, 0.3) is 0 Å². The minimum Gasteiger partial charge on any atom is -0.349 e. The lowest BCUT2D eigenvalue weighted by Gasteiger charge is -2.26. The summed E-state index contributed by atoms with van der Waals surface area (Å²) in [4.78, 5) is 13.3. The molecular weight excluding hydrogens is 397 g/mol. The van der Waals surface area contributed by atoms with E-state index in [0.717, 1.165) is 16.2 Å². The zero-order valence-electron chi connectivity index (χ0n) is 13.7. The Kier molecular flexibility index (Phi) is 5.89. The fourth-order valence-corrected chi connectivity index (χ4v) is 5.24. The lowest BCUT2D eigenvalue weighted by molar-refractivity contribution is -0.121. The number of amides is 1. The van der Waals surface area contributed by atoms with Gasteiger partial charge in [0.25, 0.3) is 0 Å². The van der Waals surface area contributed by atoms with Gasteiger partial charge in [0.2, 0.25) is 5.91 Å². The van der Waals surface area contributed by atoms with Crippen molar-refractivity contribution in [3.63, 3.8) is 0 Å². The van der Waals surface area contributed by atoms with Crippen molar-refractivity contribution in [2.75, 3.05) is 11.5 Å². The highest BCUT2D eigenvalue weighted by Gasteiger charge is 2.24. The molecule has 26 heavy (non-hydrogen) atoms. The topological polar surface area (TPSA) is 63.2 Å². The molecule has 4 nitrogen and oxygen atoms in total. The standard InChI is InChI=1S/C18H17ClFNO3S2/c19-12-1-4-14(5-2-12)26(23,24)10-8-18(22)21-16-7-9-25-17-6-3-13(20)11-15(16)17/h1-6,11,16H,7-10H2,(H,21,22). The summed E-state index contributed by atoms with van der Waals surface area (Å²) in [7, 11) is -3.56. The summed E-state index contributed by atoms with van der Waals surface area (Å²) in [5.74, 6) is -0.199. The molecule has 1 amide bonds. The molecule has 1 aliphatic rings. The molecule has 138 valence electrons. The van der Waals surface area contributed by atoms with Crippen molar-refractivity contribution in [3.05, 3.63) is 58.9 Å². The van der Waals surface area contributed by atoms with Gasteiger partial charge in [0.15, 0.2) is 9.84 Å². The predicted molar refractivity (Wildman–Crippen MR) is 101 cm³/mol. The van der Waals surface area contributed by atoms with Crippen molar-refractivity contribution >= 4 is 39.1 Å². The van der Waals surface area contributed by atoms with Gasteiger partial charge in [-0.25, -0.2) is 12.8 Å². The molecule has 2 aromatic carbocycles. The molecule has 1 N–H and O–H groups in total. The summed E-state index contributed by atoms with van der Waals surface area (Å²) >= 11 is 7.38. The third kappa shape index (κ3) is 4.58. The lowest BCUT2D eigenvalue weighted by atomic mass is 10.0. The maximum absolute atomic E-state index is 13.5. The van der Waals surface area contributed by atoms with E-state index >= 15 is 0 Å². The van der Waals surface area contributed by atoms with E-state index in [1.54, 1.807) is 17.8 Å². The maximum atomic E-state index is 13.5. The number of halogens is 2. The molecule has 1 aliphatic heterocycles. The number of carbonyl (C=O) groups is 1. The van der Waals surface area contributed by atoms with Crippen molar-refractivity contribution in [2.45, 2.75) is 28.7 Å². The van der Waals surface area contributed by atoms with Crippen molar-refractivity contribution in [2.24, 2.45) is 0 Å². The van der Waals surface area contributed by atoms with E-state index in [0.29, 0.717) is 11.4 Å². The van der Waals surface area contributed by atoms with Crippen molar-refractivity contribution in [1.82, 2.24) is 5.32 Å². The molecule has 0 radical (unpaired) electrons. The Labute approximate surface area is 161 Å². The number of carbonyl (C=O) groups excluding carboxylic acids is 1. The molecule has 0 aliphatic carbocycles. The van der Waals surface area contributed by atoms with Gasteiger partial charge in [-0.15, -0.1) is 11.8 Å². The maximum Gasteiger partial charge on any atom is 0.221 e. The molecule has 0 bridgehead atoms. The van der Waals surface area contributed by atoms with Crippen LogP contribution in [0.3, 0.4) is 0 Å². The summed E-state index contributed by atoms with van der Waals surface area (Å²) < 4.78 is 38.1. The van der Waals surface area contributed by atoms with Crippen LogP contribution in [0, 0.1) is 5.82 Å². The minimum atomic E-state index is -3.56. The average molecular weight is 414 g/mol. The van der Waals surface area contributed by atoms with Gasteiger partial charge in [0.1, 0.15) is 5.82 Å². The van der Waals surface area contributed by atoms with E-state index < -0.39 is 9.84 Å². The number of thioether (sulfide) groups is 1. The van der Waals surface area contributed by atoms with E-state index in [1.807, 2.05) is 0 Å². The molecule has 0 spiro atoms. The second-order valence-corrected chi connectivity index (χ2v) is 9.64. The lowest BCUT2D eigenvalue weighted by Crippen LogP contribution is -2.31. The van der Waals surface area contributed by atoms with Crippen LogP contribution in [0.2, 0.25) is 5.02 Å². The van der Waals surface area contributed by atoms with Crippen molar-refractivity contribution < 1.29 is 17.6 Å². The van der Waals surface area contributed by atoms with Crippen LogP contribution in [0.15, 0.2) is 52.3 Å². The normalized spacial score (nSPS) is 16.8. The second kappa shape index (κ2) is 7.98. The Morgan fingerprint density at radius 3 is 2.69 bits per heavy atom. The summed E-state index contributed by atoms with van der Waals surface area (Å²) in [6.07, 6.45) is 0.524. The first-order valence-electron chi connectivity index (χ1n) is 8.05. The first-order valence-corrected chi connectivity index (χ1v) is 11.1. The Hall–Kier alpha value is -1.57. The van der Waals surface area contributed by atoms with Gasteiger partial charge in [-0.3, -0.25) is 4.79 Å². The van der Waals surface area contributed by atoms with E-state index in [-0.39, 0.29) is 34.8 Å². The third-order valence-corrected chi connectivity index (χ3v) is 7.22. The third-order valence-electron chi connectivity index (χ3n) is 4.12. The van der Waals surface area contributed by atoms with Gasteiger partial charge < -0.3 is 5.32 Å². The SMILES string of the molecule is O=C(CCS(=O)(=O)c1ccc(Cl)cc1)NC1CCSc2ccc(F)cc21. The van der Waals surface area contributed by atoms with Crippen LogP contribution < -0.4 is 5.32 Å². The molecule has 0 aromatic heterocycles. The summed E-state index contributed by atoms with van der Waals surface area (Å²) in [5.41, 5.74) is 0.746. The van der Waals surface area contributed by atoms with Gasteiger partial charge in [0, 0.05) is 22.1 Å². The molecular formula is C18H17ClFNO3S2. The van der Waals surface area contributed by atoms with Gasteiger partial charge >= 0.3 is 0 Å². The monoisotopic (exact) mass is 413 g/mol. The van der Waals surface area contributed by atoms with E-state index in [2.05, 4.69) is 5.32 Å². The average Bonchev–Trinajstić information content (AvgIpc) is 2.61. The molecule has 3 rings (SSSR count). The molecule has 1 heterocycles. The molecule has 0 saturated heterocycles.